The molecule has 0 radical (unpaired) electrons. The summed E-state index contributed by atoms with van der Waals surface area (Å²) >= 11 is 0. The number of aliphatic carboxylic acids is 1. The number of nitrogens with zero attached hydrogens (tertiary/aromatic N) is 3. The van der Waals surface area contributed by atoms with Crippen LogP contribution in [0.4, 0.5) is 0 Å². The van der Waals surface area contributed by atoms with E-state index in [2.05, 4.69) is 5.10 Å². The largest absolute Gasteiger partial charge is 0.481 e. The summed E-state index contributed by atoms with van der Waals surface area (Å²) in [5.74, 6) is -0.561. The van der Waals surface area contributed by atoms with E-state index in [4.69, 9.17) is 5.11 Å². The van der Waals surface area contributed by atoms with Crippen molar-refractivity contribution in [3.63, 3.8) is 0 Å². The number of piperidine rings is 1. The summed E-state index contributed by atoms with van der Waals surface area (Å²) in [6.07, 6.45) is 3.54. The molecule has 1 aliphatic heterocycles. The van der Waals surface area contributed by atoms with Gasteiger partial charge in [0.05, 0.1) is 5.69 Å². The average Bonchev–Trinajstić information content (AvgIpc) is 2.87. The van der Waals surface area contributed by atoms with Crippen molar-refractivity contribution in [2.24, 2.45) is 7.05 Å². The lowest BCUT2D eigenvalue weighted by molar-refractivity contribution is -0.137. The van der Waals surface area contributed by atoms with E-state index in [0.29, 0.717) is 18.7 Å². The lowest BCUT2D eigenvalue weighted by Crippen LogP contribution is -2.44. The highest BCUT2D eigenvalue weighted by atomic mass is 16.4. The quantitative estimate of drug-likeness (QED) is 0.906. The highest BCUT2D eigenvalue weighted by molar-refractivity contribution is 5.93. The van der Waals surface area contributed by atoms with E-state index in [1.165, 1.54) is 0 Å². The minimum atomic E-state index is -0.805. The monoisotopic (exact) mass is 307 g/mol. The lowest BCUT2D eigenvalue weighted by Gasteiger charge is -2.35. The predicted octanol–water partition coefficient (Wildman–Crippen LogP) is 2.40. The molecule has 1 aromatic heterocycles. The molecule has 0 unspecified atom stereocenters. The maximum absolute atomic E-state index is 12.8. The molecule has 22 heavy (non-hydrogen) atoms. The van der Waals surface area contributed by atoms with Crippen molar-refractivity contribution >= 4 is 11.9 Å². The van der Waals surface area contributed by atoms with Crippen molar-refractivity contribution in [2.75, 3.05) is 6.54 Å². The van der Waals surface area contributed by atoms with Crippen molar-refractivity contribution < 1.29 is 14.7 Å². The number of aromatic nitrogens is 2. The Kier molecular flexibility index (Phi) is 5.21. The Morgan fingerprint density at radius 1 is 1.41 bits per heavy atom. The number of amides is 1. The highest BCUT2D eigenvalue weighted by Gasteiger charge is 2.29. The number of rotatable bonds is 5. The molecule has 1 aromatic rings. The minimum absolute atomic E-state index is 0.0229. The van der Waals surface area contributed by atoms with Crippen molar-refractivity contribution in [3.05, 3.63) is 17.5 Å². The van der Waals surface area contributed by atoms with Crippen molar-refractivity contribution in [2.45, 2.75) is 57.9 Å². The lowest BCUT2D eigenvalue weighted by atomic mass is 9.97. The topological polar surface area (TPSA) is 75.4 Å². The summed E-state index contributed by atoms with van der Waals surface area (Å²) in [7, 11) is 1.79. The van der Waals surface area contributed by atoms with Crippen LogP contribution in [0.5, 0.6) is 0 Å². The van der Waals surface area contributed by atoms with E-state index in [9.17, 15) is 9.59 Å². The van der Waals surface area contributed by atoms with Gasteiger partial charge in [-0.1, -0.05) is 13.8 Å². The maximum atomic E-state index is 12.8. The Morgan fingerprint density at radius 3 is 2.73 bits per heavy atom. The zero-order valence-corrected chi connectivity index (χ0v) is 13.6. The summed E-state index contributed by atoms with van der Waals surface area (Å²) in [5.41, 5.74) is 1.50. The third kappa shape index (κ3) is 3.67. The second kappa shape index (κ2) is 6.94. The van der Waals surface area contributed by atoms with Crippen LogP contribution in [0, 0.1) is 0 Å². The second-order valence-corrected chi connectivity index (χ2v) is 6.31. The molecule has 1 atom stereocenters. The summed E-state index contributed by atoms with van der Waals surface area (Å²) in [6, 6.07) is 1.88. The van der Waals surface area contributed by atoms with E-state index >= 15 is 0 Å². The van der Waals surface area contributed by atoms with Gasteiger partial charge in [-0.2, -0.15) is 5.10 Å². The van der Waals surface area contributed by atoms with Crippen molar-refractivity contribution in [1.82, 2.24) is 14.7 Å². The number of carbonyl (C=O) groups excluding carboxylic acids is 1. The van der Waals surface area contributed by atoms with E-state index in [-0.39, 0.29) is 24.3 Å². The Hall–Kier alpha value is -1.85. The van der Waals surface area contributed by atoms with E-state index in [1.807, 2.05) is 24.8 Å². The van der Waals surface area contributed by atoms with Gasteiger partial charge >= 0.3 is 5.97 Å². The zero-order valence-electron chi connectivity index (χ0n) is 13.6. The van der Waals surface area contributed by atoms with Gasteiger partial charge in [-0.05, 0) is 37.7 Å². The first-order valence-corrected chi connectivity index (χ1v) is 7.97. The van der Waals surface area contributed by atoms with Crippen LogP contribution in [0.1, 0.15) is 68.1 Å². The van der Waals surface area contributed by atoms with Gasteiger partial charge in [0, 0.05) is 26.1 Å². The summed E-state index contributed by atoms with van der Waals surface area (Å²) in [6.45, 7) is 4.80. The molecule has 2 rings (SSSR count). The van der Waals surface area contributed by atoms with Crippen LogP contribution < -0.4 is 0 Å². The first kappa shape index (κ1) is 16.5. The standard InChI is InChI=1S/C16H25N3O3/c1-11(2)13-10-14(18(3)17-13)16(22)19-9-5-4-6-12(19)7-8-15(20)21/h10-12H,4-9H2,1-3H3,(H,20,21)/t12-/m0/s1. The molecule has 0 saturated carbocycles. The highest BCUT2D eigenvalue weighted by Crippen LogP contribution is 2.24. The Balaban J connectivity index is 2.16. The molecule has 1 aliphatic rings. The number of carboxylic acids is 1. The molecule has 1 fully saturated rings. The maximum Gasteiger partial charge on any atom is 0.303 e. The van der Waals surface area contributed by atoms with Gasteiger partial charge in [-0.15, -0.1) is 0 Å². The molecule has 0 bridgehead atoms. The van der Waals surface area contributed by atoms with Gasteiger partial charge in [0.1, 0.15) is 5.69 Å². The average molecular weight is 307 g/mol. The fraction of sp³-hybridized carbons (Fsp3) is 0.688. The SMILES string of the molecule is CC(C)c1cc(C(=O)N2CCCC[C@H]2CCC(=O)O)n(C)n1. The van der Waals surface area contributed by atoms with Gasteiger partial charge in [0.25, 0.3) is 5.91 Å². The third-order valence-corrected chi connectivity index (χ3v) is 4.29. The molecule has 2 heterocycles. The number of carbonyl (C=O) groups is 2. The summed E-state index contributed by atoms with van der Waals surface area (Å²) in [5, 5.41) is 13.3. The molecular weight excluding hydrogens is 282 g/mol. The van der Waals surface area contributed by atoms with Crippen molar-refractivity contribution in [1.29, 1.82) is 0 Å². The fourth-order valence-corrected chi connectivity index (χ4v) is 2.98. The van der Waals surface area contributed by atoms with Gasteiger partial charge in [-0.25, -0.2) is 0 Å². The normalized spacial score (nSPS) is 18.7. The number of carboxylic acid groups (broad SMARTS) is 1. The number of likely N-dealkylation sites (tertiary alicyclic amines) is 1. The van der Waals surface area contributed by atoms with Crippen LogP contribution in [-0.4, -0.2) is 44.3 Å². The second-order valence-electron chi connectivity index (χ2n) is 6.31. The molecule has 1 saturated heterocycles. The Bertz CT molecular complexity index is 551. The number of hydrogen-bond acceptors (Lipinski definition) is 3. The zero-order chi connectivity index (χ0) is 16.3. The predicted molar refractivity (Wildman–Crippen MR) is 82.8 cm³/mol. The third-order valence-electron chi connectivity index (χ3n) is 4.29. The Morgan fingerprint density at radius 2 is 2.14 bits per heavy atom. The van der Waals surface area contributed by atoms with E-state index in [0.717, 1.165) is 25.0 Å². The molecule has 0 aromatic carbocycles. The van der Waals surface area contributed by atoms with Crippen LogP contribution in [0.3, 0.4) is 0 Å². The van der Waals surface area contributed by atoms with Gasteiger partial charge in [0.2, 0.25) is 0 Å². The van der Waals surface area contributed by atoms with Gasteiger partial charge in [0.15, 0.2) is 0 Å². The molecule has 6 heteroatoms. The van der Waals surface area contributed by atoms with E-state index < -0.39 is 5.97 Å². The minimum Gasteiger partial charge on any atom is -0.481 e. The van der Waals surface area contributed by atoms with E-state index in [1.54, 1.807) is 11.7 Å². The molecular formula is C16H25N3O3. The summed E-state index contributed by atoms with van der Waals surface area (Å²) < 4.78 is 1.64. The van der Waals surface area contributed by atoms with Crippen LogP contribution in [0.15, 0.2) is 6.07 Å². The van der Waals surface area contributed by atoms with Gasteiger partial charge < -0.3 is 10.0 Å². The Labute approximate surface area is 131 Å². The first-order chi connectivity index (χ1) is 10.4. The molecule has 6 nitrogen and oxygen atoms in total. The van der Waals surface area contributed by atoms with Crippen LogP contribution in [0.2, 0.25) is 0 Å². The first-order valence-electron chi connectivity index (χ1n) is 7.97. The fourth-order valence-electron chi connectivity index (χ4n) is 2.98. The van der Waals surface area contributed by atoms with Gasteiger partial charge in [-0.3, -0.25) is 14.3 Å². The van der Waals surface area contributed by atoms with Crippen molar-refractivity contribution in [3.8, 4) is 0 Å². The molecule has 1 amide bonds. The molecule has 0 aliphatic carbocycles. The smallest absolute Gasteiger partial charge is 0.303 e. The molecule has 1 N–H and O–H groups in total. The number of aryl methyl sites for hydroxylation is 1. The molecule has 0 spiro atoms. The van der Waals surface area contributed by atoms with Crippen LogP contribution in [0.25, 0.3) is 0 Å². The van der Waals surface area contributed by atoms with Crippen LogP contribution in [-0.2, 0) is 11.8 Å². The molecule has 122 valence electrons. The number of hydrogen-bond donors (Lipinski definition) is 1. The van der Waals surface area contributed by atoms with Crippen LogP contribution >= 0.6 is 0 Å². The summed E-state index contributed by atoms with van der Waals surface area (Å²) in [4.78, 5) is 25.5.